The number of carbonyl (C=O) groups excluding carboxylic acids is 1. The fourth-order valence-corrected chi connectivity index (χ4v) is 2.48. The van der Waals surface area contributed by atoms with Crippen molar-refractivity contribution in [3.63, 3.8) is 0 Å². The summed E-state index contributed by atoms with van der Waals surface area (Å²) in [7, 11) is 1.29. The van der Waals surface area contributed by atoms with Gasteiger partial charge in [0.05, 0.1) is 13.0 Å². The summed E-state index contributed by atoms with van der Waals surface area (Å²) in [5, 5.41) is 14.7. The molecule has 6 nitrogen and oxygen atoms in total. The molecule has 0 spiro atoms. The minimum atomic E-state index is -0.867. The number of nitrogens with one attached hydrogen (secondary N) is 2. The summed E-state index contributed by atoms with van der Waals surface area (Å²) in [6, 6.07) is 8.08. The van der Waals surface area contributed by atoms with Crippen LogP contribution in [0.2, 0.25) is 0 Å². The van der Waals surface area contributed by atoms with E-state index < -0.39 is 23.9 Å². The molecule has 0 saturated carbocycles. The van der Waals surface area contributed by atoms with Gasteiger partial charge >= 0.3 is 11.9 Å². The van der Waals surface area contributed by atoms with Crippen LogP contribution in [0.5, 0.6) is 0 Å². The van der Waals surface area contributed by atoms with Crippen LogP contribution in [0.15, 0.2) is 24.3 Å². The minimum absolute atomic E-state index is 0. The van der Waals surface area contributed by atoms with Crippen molar-refractivity contribution in [1.82, 2.24) is 10.6 Å². The standard InChI is InChI=1S/C8H9N.C7H11NO4.ClH/c1-2-4-8-6-9-5-7(8)3-1;1-12-7(11)5-2-4(3-8-5)6(9)10;/h1-4,9H,5-6H2;4-5,8H,2-3H2,1H3,(H,9,10);1H. The zero-order chi connectivity index (χ0) is 15.2. The third kappa shape index (κ3) is 4.69. The maximum absolute atomic E-state index is 10.9. The minimum Gasteiger partial charge on any atom is -0.481 e. The largest absolute Gasteiger partial charge is 0.481 e. The van der Waals surface area contributed by atoms with Gasteiger partial charge in [-0.1, -0.05) is 24.3 Å². The Hall–Kier alpha value is -1.63. The number of halogens is 1. The first-order chi connectivity index (χ1) is 10.1. The Morgan fingerprint density at radius 2 is 1.82 bits per heavy atom. The van der Waals surface area contributed by atoms with E-state index in [0.29, 0.717) is 13.0 Å². The Labute approximate surface area is 135 Å². The smallest absolute Gasteiger partial charge is 0.322 e. The van der Waals surface area contributed by atoms with Gasteiger partial charge in [-0.2, -0.15) is 0 Å². The number of aliphatic carboxylic acids is 1. The number of fused-ring (bicyclic) bond motifs is 1. The highest BCUT2D eigenvalue weighted by Crippen LogP contribution is 2.14. The van der Waals surface area contributed by atoms with Crippen molar-refractivity contribution >= 4 is 24.3 Å². The van der Waals surface area contributed by atoms with E-state index in [4.69, 9.17) is 5.11 Å². The quantitative estimate of drug-likeness (QED) is 0.700. The molecule has 22 heavy (non-hydrogen) atoms. The fraction of sp³-hybridized carbons (Fsp3) is 0.467. The van der Waals surface area contributed by atoms with Gasteiger partial charge in [0, 0.05) is 19.6 Å². The van der Waals surface area contributed by atoms with Crippen LogP contribution in [-0.2, 0) is 27.4 Å². The Morgan fingerprint density at radius 3 is 2.27 bits per heavy atom. The first-order valence-corrected chi connectivity index (χ1v) is 6.93. The molecule has 3 rings (SSSR count). The molecule has 0 aliphatic carbocycles. The molecule has 7 heteroatoms. The van der Waals surface area contributed by atoms with Gasteiger partial charge in [0.1, 0.15) is 6.04 Å². The number of carbonyl (C=O) groups is 2. The van der Waals surface area contributed by atoms with E-state index in [-0.39, 0.29) is 12.4 Å². The van der Waals surface area contributed by atoms with E-state index in [9.17, 15) is 9.59 Å². The van der Waals surface area contributed by atoms with Gasteiger partial charge in [0.2, 0.25) is 0 Å². The molecular weight excluding hydrogens is 308 g/mol. The van der Waals surface area contributed by atoms with Crippen LogP contribution in [0, 0.1) is 5.92 Å². The van der Waals surface area contributed by atoms with Crippen molar-refractivity contribution in [2.24, 2.45) is 5.92 Å². The van der Waals surface area contributed by atoms with Gasteiger partial charge in [-0.25, -0.2) is 0 Å². The number of hydrogen-bond acceptors (Lipinski definition) is 5. The molecule has 2 heterocycles. The molecule has 2 atom stereocenters. The highest BCUT2D eigenvalue weighted by Gasteiger charge is 2.33. The molecule has 122 valence electrons. The molecule has 0 aromatic heterocycles. The Morgan fingerprint density at radius 1 is 1.23 bits per heavy atom. The van der Waals surface area contributed by atoms with Crippen LogP contribution >= 0.6 is 12.4 Å². The Kier molecular flexibility index (Phi) is 7.31. The second kappa shape index (κ2) is 8.73. The second-order valence-electron chi connectivity index (χ2n) is 5.13. The normalized spacial score (nSPS) is 21.9. The monoisotopic (exact) mass is 328 g/mol. The molecule has 0 bridgehead atoms. The predicted octanol–water partition coefficient (Wildman–Crippen LogP) is 0.934. The van der Waals surface area contributed by atoms with Crippen molar-refractivity contribution in [3.05, 3.63) is 35.4 Å². The Balaban J connectivity index is 0.000000217. The average Bonchev–Trinajstić information content (AvgIpc) is 3.16. The lowest BCUT2D eigenvalue weighted by Crippen LogP contribution is -2.31. The summed E-state index contributed by atoms with van der Waals surface area (Å²) in [6.07, 6.45) is 0.321. The Bertz CT molecular complexity index is 501. The molecule has 3 N–H and O–H groups in total. The SMILES string of the molecule is COC(=O)C1CC(C(=O)O)CN1.Cl.c1ccc2c(c1)CNC2. The number of benzene rings is 1. The van der Waals surface area contributed by atoms with Crippen LogP contribution in [-0.4, -0.2) is 36.7 Å². The van der Waals surface area contributed by atoms with Crippen molar-refractivity contribution in [1.29, 1.82) is 0 Å². The number of esters is 1. The van der Waals surface area contributed by atoms with Gasteiger partial charge in [-0.15, -0.1) is 12.4 Å². The maximum Gasteiger partial charge on any atom is 0.322 e. The predicted molar refractivity (Wildman–Crippen MR) is 83.8 cm³/mol. The topological polar surface area (TPSA) is 87.7 Å². The van der Waals surface area contributed by atoms with E-state index >= 15 is 0 Å². The van der Waals surface area contributed by atoms with Crippen LogP contribution in [0.1, 0.15) is 17.5 Å². The average molecular weight is 329 g/mol. The van der Waals surface area contributed by atoms with Crippen LogP contribution in [0.3, 0.4) is 0 Å². The van der Waals surface area contributed by atoms with Crippen LogP contribution in [0.4, 0.5) is 0 Å². The van der Waals surface area contributed by atoms with E-state index in [2.05, 4.69) is 39.6 Å². The maximum atomic E-state index is 10.9. The summed E-state index contributed by atoms with van der Waals surface area (Å²) in [5.41, 5.74) is 2.91. The summed E-state index contributed by atoms with van der Waals surface area (Å²) >= 11 is 0. The molecule has 2 aliphatic heterocycles. The number of carboxylic acid groups (broad SMARTS) is 1. The summed E-state index contributed by atoms with van der Waals surface area (Å²) in [5.74, 6) is -1.72. The molecule has 2 unspecified atom stereocenters. The van der Waals surface area contributed by atoms with Crippen molar-refractivity contribution in [3.8, 4) is 0 Å². The van der Waals surface area contributed by atoms with Crippen molar-refractivity contribution < 1.29 is 19.4 Å². The highest BCUT2D eigenvalue weighted by atomic mass is 35.5. The van der Waals surface area contributed by atoms with E-state index in [0.717, 1.165) is 13.1 Å². The molecule has 2 aliphatic rings. The highest BCUT2D eigenvalue weighted by molar-refractivity contribution is 5.85. The van der Waals surface area contributed by atoms with Crippen LogP contribution < -0.4 is 10.6 Å². The second-order valence-corrected chi connectivity index (χ2v) is 5.13. The summed E-state index contributed by atoms with van der Waals surface area (Å²) in [6.45, 7) is 2.45. The van der Waals surface area contributed by atoms with Crippen molar-refractivity contribution in [2.45, 2.75) is 25.6 Å². The summed E-state index contributed by atoms with van der Waals surface area (Å²) in [4.78, 5) is 21.4. The van der Waals surface area contributed by atoms with Gasteiger partial charge in [0.15, 0.2) is 0 Å². The van der Waals surface area contributed by atoms with E-state index in [1.807, 2.05) is 0 Å². The van der Waals surface area contributed by atoms with Crippen LogP contribution in [0.25, 0.3) is 0 Å². The molecule has 0 amide bonds. The molecule has 1 aromatic rings. The zero-order valence-corrected chi connectivity index (χ0v) is 13.2. The first-order valence-electron chi connectivity index (χ1n) is 6.93. The third-order valence-corrected chi connectivity index (χ3v) is 3.72. The van der Waals surface area contributed by atoms with Gasteiger partial charge in [0.25, 0.3) is 0 Å². The van der Waals surface area contributed by atoms with Crippen molar-refractivity contribution in [2.75, 3.05) is 13.7 Å². The van der Waals surface area contributed by atoms with Gasteiger partial charge in [-0.3, -0.25) is 9.59 Å². The first kappa shape index (κ1) is 18.4. The third-order valence-electron chi connectivity index (χ3n) is 3.72. The van der Waals surface area contributed by atoms with Gasteiger partial charge in [-0.05, 0) is 17.5 Å². The van der Waals surface area contributed by atoms with E-state index in [1.54, 1.807) is 0 Å². The molecule has 0 radical (unpaired) electrons. The molecule has 1 fully saturated rings. The fourth-order valence-electron chi connectivity index (χ4n) is 2.48. The number of hydrogen-bond donors (Lipinski definition) is 3. The van der Waals surface area contributed by atoms with E-state index in [1.165, 1.54) is 18.2 Å². The summed E-state index contributed by atoms with van der Waals surface area (Å²) < 4.78 is 4.47. The lowest BCUT2D eigenvalue weighted by molar-refractivity contribution is -0.143. The zero-order valence-electron chi connectivity index (χ0n) is 12.4. The molecule has 1 saturated heterocycles. The molecular formula is C15H21ClN2O4. The number of methoxy groups -OCH3 is 1. The number of carboxylic acids is 1. The number of rotatable bonds is 2. The van der Waals surface area contributed by atoms with Gasteiger partial charge < -0.3 is 20.5 Å². The lowest BCUT2D eigenvalue weighted by Gasteiger charge is -2.05. The lowest BCUT2D eigenvalue weighted by atomic mass is 10.1. The molecule has 1 aromatic carbocycles. The number of ether oxygens (including phenoxy) is 1.